The molecule has 0 fully saturated rings. The van der Waals surface area contributed by atoms with Crippen LogP contribution in [0, 0.1) is 11.7 Å². The second-order valence-electron chi connectivity index (χ2n) is 6.46. The van der Waals surface area contributed by atoms with Gasteiger partial charge in [-0.15, -0.1) is 0 Å². The molecule has 1 N–H and O–H groups in total. The molecule has 1 aromatic carbocycles. The lowest BCUT2D eigenvalue weighted by atomic mass is 10.0. The molecule has 1 rings (SSSR count). The maximum absolute atomic E-state index is 13.0. The third kappa shape index (κ3) is 5.82. The van der Waals surface area contributed by atoms with Crippen molar-refractivity contribution in [3.63, 3.8) is 0 Å². The van der Waals surface area contributed by atoms with E-state index in [-0.39, 0.29) is 29.8 Å². The second-order valence-corrected chi connectivity index (χ2v) is 6.46. The van der Waals surface area contributed by atoms with Crippen LogP contribution in [0.2, 0.25) is 0 Å². The zero-order chi connectivity index (χ0) is 19.9. The first-order chi connectivity index (χ1) is 12.2. The lowest BCUT2D eigenvalue weighted by molar-refractivity contribution is -0.140. The average Bonchev–Trinajstić information content (AvgIpc) is 2.60. The molecule has 0 aliphatic carbocycles. The summed E-state index contributed by atoms with van der Waals surface area (Å²) in [5.41, 5.74) is 0.270. The molecule has 0 aromatic heterocycles. The first kappa shape index (κ1) is 21.6. The van der Waals surface area contributed by atoms with Crippen LogP contribution in [-0.2, 0) is 9.59 Å². The molecule has 7 heteroatoms. The highest BCUT2D eigenvalue weighted by molar-refractivity contribution is 5.98. The summed E-state index contributed by atoms with van der Waals surface area (Å²) in [5.74, 6) is -1.54. The van der Waals surface area contributed by atoms with Crippen LogP contribution in [0.15, 0.2) is 24.3 Å². The van der Waals surface area contributed by atoms with Crippen LogP contribution in [0.4, 0.5) is 4.39 Å². The number of hydrogen-bond acceptors (Lipinski definition) is 3. The van der Waals surface area contributed by atoms with Gasteiger partial charge in [0.2, 0.25) is 11.8 Å². The molecule has 1 atom stereocenters. The van der Waals surface area contributed by atoms with E-state index >= 15 is 0 Å². The molecule has 0 radical (unpaired) electrons. The van der Waals surface area contributed by atoms with Gasteiger partial charge in [-0.1, -0.05) is 13.8 Å². The lowest BCUT2D eigenvalue weighted by Crippen LogP contribution is -2.52. The van der Waals surface area contributed by atoms with E-state index in [1.54, 1.807) is 11.9 Å². The van der Waals surface area contributed by atoms with E-state index in [2.05, 4.69) is 5.32 Å². The van der Waals surface area contributed by atoms with Crippen molar-refractivity contribution in [3.8, 4) is 0 Å². The van der Waals surface area contributed by atoms with E-state index < -0.39 is 17.8 Å². The van der Waals surface area contributed by atoms with Crippen molar-refractivity contribution in [3.05, 3.63) is 35.6 Å². The largest absolute Gasteiger partial charge is 0.342 e. The number of carbonyl (C=O) groups is 3. The quantitative estimate of drug-likeness (QED) is 0.765. The van der Waals surface area contributed by atoms with Gasteiger partial charge in [0.1, 0.15) is 11.9 Å². The van der Waals surface area contributed by atoms with E-state index in [1.807, 2.05) is 27.7 Å². The fourth-order valence-corrected chi connectivity index (χ4v) is 2.53. The van der Waals surface area contributed by atoms with Crippen LogP contribution < -0.4 is 5.32 Å². The maximum atomic E-state index is 13.0. The number of benzene rings is 1. The topological polar surface area (TPSA) is 69.7 Å². The fourth-order valence-electron chi connectivity index (χ4n) is 2.53. The summed E-state index contributed by atoms with van der Waals surface area (Å²) in [7, 11) is 1.54. The third-order valence-electron chi connectivity index (χ3n) is 4.19. The Balaban J connectivity index is 2.81. The van der Waals surface area contributed by atoms with Crippen LogP contribution in [0.3, 0.4) is 0 Å². The van der Waals surface area contributed by atoms with E-state index in [0.29, 0.717) is 13.1 Å². The standard InChI is InChI=1S/C19H28FN3O3/c1-6-23(7-2)16(24)12-22(5)19(26)17(13(3)4)21-18(25)14-8-10-15(20)11-9-14/h8-11,13,17H,6-7,12H2,1-5H3,(H,21,25). The Labute approximate surface area is 154 Å². The van der Waals surface area contributed by atoms with Crippen LogP contribution >= 0.6 is 0 Å². The molecule has 0 aliphatic heterocycles. The van der Waals surface area contributed by atoms with Gasteiger partial charge in [-0.25, -0.2) is 4.39 Å². The number of likely N-dealkylation sites (N-methyl/N-ethyl adjacent to an activating group) is 2. The zero-order valence-electron chi connectivity index (χ0n) is 16.1. The van der Waals surface area contributed by atoms with Crippen molar-refractivity contribution in [2.45, 2.75) is 33.7 Å². The molecule has 144 valence electrons. The normalized spacial score (nSPS) is 11.8. The van der Waals surface area contributed by atoms with Gasteiger partial charge in [0, 0.05) is 25.7 Å². The van der Waals surface area contributed by atoms with Crippen LogP contribution in [0.5, 0.6) is 0 Å². The predicted molar refractivity (Wildman–Crippen MR) is 98.1 cm³/mol. The molecule has 26 heavy (non-hydrogen) atoms. The molecule has 6 nitrogen and oxygen atoms in total. The predicted octanol–water partition coefficient (Wildman–Crippen LogP) is 1.91. The van der Waals surface area contributed by atoms with E-state index in [0.717, 1.165) is 0 Å². The second kappa shape index (κ2) is 9.89. The lowest BCUT2D eigenvalue weighted by Gasteiger charge is -2.28. The summed E-state index contributed by atoms with van der Waals surface area (Å²) >= 11 is 0. The van der Waals surface area contributed by atoms with Gasteiger partial charge in [0.15, 0.2) is 0 Å². The fraction of sp³-hybridized carbons (Fsp3) is 0.526. The summed E-state index contributed by atoms with van der Waals surface area (Å²) in [6, 6.07) is 4.33. The molecular formula is C19H28FN3O3. The van der Waals surface area contributed by atoms with Gasteiger partial charge < -0.3 is 15.1 Å². The third-order valence-corrected chi connectivity index (χ3v) is 4.19. The SMILES string of the molecule is CCN(CC)C(=O)CN(C)C(=O)C(NC(=O)c1ccc(F)cc1)C(C)C. The molecule has 0 bridgehead atoms. The van der Waals surface area contributed by atoms with Crippen LogP contribution in [0.1, 0.15) is 38.1 Å². The first-order valence-electron chi connectivity index (χ1n) is 8.80. The van der Waals surface area contributed by atoms with Gasteiger partial charge in [-0.05, 0) is 44.0 Å². The molecule has 0 heterocycles. The van der Waals surface area contributed by atoms with Crippen LogP contribution in [-0.4, -0.2) is 60.2 Å². The molecule has 3 amide bonds. The van der Waals surface area contributed by atoms with Gasteiger partial charge in [0.05, 0.1) is 6.54 Å². The van der Waals surface area contributed by atoms with Crippen molar-refractivity contribution < 1.29 is 18.8 Å². The van der Waals surface area contributed by atoms with Gasteiger partial charge in [-0.3, -0.25) is 14.4 Å². The molecule has 0 saturated carbocycles. The number of rotatable bonds is 8. The molecule has 0 spiro atoms. The summed E-state index contributed by atoms with van der Waals surface area (Å²) in [6.45, 7) is 8.49. The van der Waals surface area contributed by atoms with Crippen molar-refractivity contribution in [2.75, 3.05) is 26.7 Å². The number of halogens is 1. The van der Waals surface area contributed by atoms with Gasteiger partial charge >= 0.3 is 0 Å². The van der Waals surface area contributed by atoms with Crippen molar-refractivity contribution in [2.24, 2.45) is 5.92 Å². The average molecular weight is 365 g/mol. The number of amides is 3. The highest BCUT2D eigenvalue weighted by Crippen LogP contribution is 2.09. The number of nitrogens with zero attached hydrogens (tertiary/aromatic N) is 2. The number of carbonyl (C=O) groups excluding carboxylic acids is 3. The van der Waals surface area contributed by atoms with E-state index in [9.17, 15) is 18.8 Å². The Morgan fingerprint density at radius 2 is 1.62 bits per heavy atom. The Hall–Kier alpha value is -2.44. The minimum Gasteiger partial charge on any atom is -0.342 e. The Morgan fingerprint density at radius 3 is 2.08 bits per heavy atom. The highest BCUT2D eigenvalue weighted by atomic mass is 19.1. The van der Waals surface area contributed by atoms with Crippen molar-refractivity contribution in [1.82, 2.24) is 15.1 Å². The molecule has 1 unspecified atom stereocenters. The molecule has 1 aromatic rings. The Kier molecular flexibility index (Phi) is 8.22. The van der Waals surface area contributed by atoms with Gasteiger partial charge in [-0.2, -0.15) is 0 Å². The van der Waals surface area contributed by atoms with Crippen LogP contribution in [0.25, 0.3) is 0 Å². The molecule has 0 saturated heterocycles. The summed E-state index contributed by atoms with van der Waals surface area (Å²) in [6.07, 6.45) is 0. The zero-order valence-corrected chi connectivity index (χ0v) is 16.1. The van der Waals surface area contributed by atoms with Crippen molar-refractivity contribution >= 4 is 17.7 Å². The van der Waals surface area contributed by atoms with Crippen molar-refractivity contribution in [1.29, 1.82) is 0 Å². The smallest absolute Gasteiger partial charge is 0.251 e. The van der Waals surface area contributed by atoms with E-state index in [1.165, 1.54) is 29.2 Å². The summed E-state index contributed by atoms with van der Waals surface area (Å²) in [5, 5.41) is 2.69. The van der Waals surface area contributed by atoms with Gasteiger partial charge in [0.25, 0.3) is 5.91 Å². The highest BCUT2D eigenvalue weighted by Gasteiger charge is 2.28. The monoisotopic (exact) mass is 365 g/mol. The summed E-state index contributed by atoms with van der Waals surface area (Å²) < 4.78 is 13.0. The minimum absolute atomic E-state index is 0.0455. The molecule has 0 aliphatic rings. The Bertz CT molecular complexity index is 627. The Morgan fingerprint density at radius 1 is 1.08 bits per heavy atom. The first-order valence-corrected chi connectivity index (χ1v) is 8.80. The number of hydrogen-bond donors (Lipinski definition) is 1. The minimum atomic E-state index is -0.776. The number of nitrogens with one attached hydrogen (secondary N) is 1. The molecular weight excluding hydrogens is 337 g/mol. The summed E-state index contributed by atoms with van der Waals surface area (Å²) in [4.78, 5) is 40.2. The maximum Gasteiger partial charge on any atom is 0.251 e. The van der Waals surface area contributed by atoms with E-state index in [4.69, 9.17) is 0 Å².